The number of benzene rings is 6. The van der Waals surface area contributed by atoms with Gasteiger partial charge in [0.1, 0.15) is 16.7 Å². The number of nitrogens with zero attached hydrogens (tertiary/aromatic N) is 4. The number of pyridine rings is 3. The number of aromatic nitrogens is 4. The third kappa shape index (κ3) is 8.90. The molecule has 0 aliphatic carbocycles. The third-order valence-corrected chi connectivity index (χ3v) is 13.5. The summed E-state index contributed by atoms with van der Waals surface area (Å²) in [6.07, 6.45) is 3.77. The second kappa shape index (κ2) is 17.5. The van der Waals surface area contributed by atoms with Gasteiger partial charge < -0.3 is 14.4 Å². The Bertz CT molecular complexity index is 3660. The third-order valence-electron chi connectivity index (χ3n) is 13.5. The maximum Gasteiger partial charge on any atom is 0.148 e. The molecule has 11 aromatic rings. The number of rotatable bonds is 3. The number of furan rings is 1. The molecule has 5 nitrogen and oxygen atoms in total. The van der Waals surface area contributed by atoms with Crippen molar-refractivity contribution in [2.45, 2.75) is 105 Å². The summed E-state index contributed by atoms with van der Waals surface area (Å²) >= 11 is 0. The van der Waals surface area contributed by atoms with E-state index in [9.17, 15) is 0 Å². The van der Waals surface area contributed by atoms with E-state index in [2.05, 4.69) is 226 Å². The Hall–Kier alpha value is -6.46. The fourth-order valence-corrected chi connectivity index (χ4v) is 9.32. The fourth-order valence-electron chi connectivity index (χ4n) is 9.32. The van der Waals surface area contributed by atoms with Gasteiger partial charge in [0.05, 0.1) is 16.6 Å². The fraction of sp³-hybridized carbons (Fsp3) is 0.254. The molecule has 6 aromatic carbocycles. The Morgan fingerprint density at radius 3 is 1.78 bits per heavy atom. The van der Waals surface area contributed by atoms with Gasteiger partial charge in [0, 0.05) is 48.7 Å². The standard InChI is InChI=1S/C44H36N3O.C19H24N.Ir/c1-43(2,3)28-16-14-26(15-17-28)27-22-23-45-36(24-27)34-12-9-11-32-33-20-21-38-39(41(33)48-40(32)34)46-42-35-25-29(44(4,5)6)18-19-30(35)31-10-7-8-13-37(31)47(38)42;1-18(2,3)15-9-7-8-14(12-15)17-13-16(10-11-20-17)19(4,5)6;/h7-11,13-25H,1-6H3;7,9-13H,1-6H3;/q2*-1;. The SMILES string of the molecule is CC(C)(C)c1cc[c-]c(-c2cc(C(C)(C)C)ccn2)c1.CC(C)(C)c1ccc(-c2ccnc(-c3[c-]ccc4c3oc3c4ccc4c3nc3c5cc(C(C)(C)C)ccc5c5ccccc5n43)c2)cc1.[Ir]. The first-order valence-corrected chi connectivity index (χ1v) is 23.8. The molecule has 0 aliphatic heterocycles. The van der Waals surface area contributed by atoms with Crippen LogP contribution in [0, 0.1) is 12.1 Å². The molecule has 0 bridgehead atoms. The molecule has 0 spiro atoms. The van der Waals surface area contributed by atoms with Crippen LogP contribution in [0.5, 0.6) is 0 Å². The minimum atomic E-state index is 0. The summed E-state index contributed by atoms with van der Waals surface area (Å²) in [6.45, 7) is 26.8. The summed E-state index contributed by atoms with van der Waals surface area (Å²) in [4.78, 5) is 14.7. The second-order valence-electron chi connectivity index (χ2n) is 22.5. The molecule has 0 fully saturated rings. The average molecular weight is 1080 g/mol. The molecular weight excluding hydrogens is 1020 g/mol. The van der Waals surface area contributed by atoms with Crippen molar-refractivity contribution in [1.29, 1.82) is 0 Å². The number of fused-ring (bicyclic) bond motifs is 12. The molecule has 1 radical (unpaired) electrons. The van der Waals surface area contributed by atoms with Gasteiger partial charge in [-0.15, -0.1) is 53.6 Å². The van der Waals surface area contributed by atoms with E-state index in [1.54, 1.807) is 0 Å². The molecule has 0 amide bonds. The van der Waals surface area contributed by atoms with Crippen LogP contribution in [-0.2, 0) is 41.8 Å². The number of para-hydroxylation sites is 1. The summed E-state index contributed by atoms with van der Waals surface area (Å²) in [5.74, 6) is 0. The second-order valence-corrected chi connectivity index (χ2v) is 22.5. The monoisotopic (exact) mass is 1080 g/mol. The Kier molecular flexibility index (Phi) is 12.1. The Balaban J connectivity index is 0.000000238. The molecule has 5 heterocycles. The van der Waals surface area contributed by atoms with Gasteiger partial charge >= 0.3 is 0 Å². The number of hydrogen-bond acceptors (Lipinski definition) is 4. The minimum absolute atomic E-state index is 0. The molecule has 69 heavy (non-hydrogen) atoms. The van der Waals surface area contributed by atoms with Crippen molar-refractivity contribution in [2.24, 2.45) is 0 Å². The van der Waals surface area contributed by atoms with Crippen molar-refractivity contribution < 1.29 is 24.5 Å². The quantitative estimate of drug-likeness (QED) is 0.131. The van der Waals surface area contributed by atoms with E-state index in [1.165, 1.54) is 33.0 Å². The van der Waals surface area contributed by atoms with Gasteiger partial charge in [-0.05, 0) is 103 Å². The molecule has 11 rings (SSSR count). The zero-order valence-corrected chi connectivity index (χ0v) is 44.3. The van der Waals surface area contributed by atoms with Crippen LogP contribution >= 0.6 is 0 Å². The molecule has 0 unspecified atom stereocenters. The zero-order chi connectivity index (χ0) is 47.9. The predicted molar refractivity (Wildman–Crippen MR) is 286 cm³/mol. The summed E-state index contributed by atoms with van der Waals surface area (Å²) < 4.78 is 9.14. The van der Waals surface area contributed by atoms with Crippen LogP contribution in [0.25, 0.3) is 93.9 Å². The van der Waals surface area contributed by atoms with Gasteiger partial charge in [-0.2, -0.15) is 0 Å². The van der Waals surface area contributed by atoms with Crippen LogP contribution < -0.4 is 0 Å². The summed E-state index contributed by atoms with van der Waals surface area (Å²) in [6, 6.07) is 54.3. The van der Waals surface area contributed by atoms with E-state index < -0.39 is 0 Å². The largest absolute Gasteiger partial charge is 0.498 e. The van der Waals surface area contributed by atoms with Gasteiger partial charge in [-0.25, -0.2) is 4.98 Å². The van der Waals surface area contributed by atoms with Crippen molar-refractivity contribution in [2.75, 3.05) is 0 Å². The van der Waals surface area contributed by atoms with Crippen LogP contribution in [-0.4, -0.2) is 19.4 Å². The van der Waals surface area contributed by atoms with Crippen LogP contribution in [0.4, 0.5) is 0 Å². The summed E-state index contributed by atoms with van der Waals surface area (Å²) in [5.41, 5.74) is 17.2. The van der Waals surface area contributed by atoms with E-state index in [1.807, 2.05) is 24.5 Å². The van der Waals surface area contributed by atoms with Crippen molar-refractivity contribution in [3.05, 3.63) is 180 Å². The first kappa shape index (κ1) is 47.6. The Labute approximate surface area is 420 Å². The van der Waals surface area contributed by atoms with E-state index in [-0.39, 0.29) is 41.8 Å². The van der Waals surface area contributed by atoms with Crippen molar-refractivity contribution in [1.82, 2.24) is 19.4 Å². The van der Waals surface area contributed by atoms with Crippen molar-refractivity contribution >= 4 is 60.3 Å². The normalized spacial score (nSPS) is 12.5. The molecule has 0 N–H and O–H groups in total. The van der Waals surface area contributed by atoms with Crippen LogP contribution in [0.3, 0.4) is 0 Å². The molecule has 0 saturated heterocycles. The first-order valence-electron chi connectivity index (χ1n) is 23.8. The van der Waals surface area contributed by atoms with Gasteiger partial charge in [0.25, 0.3) is 0 Å². The molecule has 0 saturated carbocycles. The minimum Gasteiger partial charge on any atom is -0.498 e. The van der Waals surface area contributed by atoms with E-state index in [0.29, 0.717) is 0 Å². The number of hydrogen-bond donors (Lipinski definition) is 0. The smallest absolute Gasteiger partial charge is 0.148 e. The van der Waals surface area contributed by atoms with Gasteiger partial charge in [-0.3, -0.25) is 4.40 Å². The average Bonchev–Trinajstić information content (AvgIpc) is 3.91. The van der Waals surface area contributed by atoms with E-state index in [0.717, 1.165) is 83.2 Å². The molecule has 0 aliphatic rings. The van der Waals surface area contributed by atoms with Gasteiger partial charge in [0.2, 0.25) is 0 Å². The zero-order valence-electron chi connectivity index (χ0n) is 41.9. The maximum atomic E-state index is 6.83. The molecule has 349 valence electrons. The van der Waals surface area contributed by atoms with Gasteiger partial charge in [0.15, 0.2) is 0 Å². The summed E-state index contributed by atoms with van der Waals surface area (Å²) in [7, 11) is 0. The van der Waals surface area contributed by atoms with Crippen LogP contribution in [0.1, 0.15) is 105 Å². The molecule has 5 aromatic heterocycles. The number of imidazole rings is 1. The van der Waals surface area contributed by atoms with Crippen molar-refractivity contribution in [3.8, 4) is 33.6 Å². The van der Waals surface area contributed by atoms with Crippen LogP contribution in [0.15, 0.2) is 150 Å². The van der Waals surface area contributed by atoms with Gasteiger partial charge in [-0.1, -0.05) is 161 Å². The maximum absolute atomic E-state index is 6.83. The predicted octanol–water partition coefficient (Wildman–Crippen LogP) is 17.0. The van der Waals surface area contributed by atoms with Crippen LogP contribution in [0.2, 0.25) is 0 Å². The molecular formula is C63H60IrN4O-2. The first-order chi connectivity index (χ1) is 32.2. The van der Waals surface area contributed by atoms with Crippen molar-refractivity contribution in [3.63, 3.8) is 0 Å². The topological polar surface area (TPSA) is 56.2 Å². The summed E-state index contributed by atoms with van der Waals surface area (Å²) in [5, 5.41) is 5.63. The van der Waals surface area contributed by atoms with E-state index in [4.69, 9.17) is 14.4 Å². The molecule has 6 heteroatoms. The Morgan fingerprint density at radius 1 is 0.449 bits per heavy atom. The Morgan fingerprint density at radius 2 is 1.06 bits per heavy atom. The molecule has 0 atom stereocenters. The van der Waals surface area contributed by atoms with E-state index >= 15 is 0 Å².